The third kappa shape index (κ3) is 60.0. The number of benzene rings is 2. The fourth-order valence-electron chi connectivity index (χ4n) is 5.76. The second-order valence-electron chi connectivity index (χ2n) is 11.8. The summed E-state index contributed by atoms with van der Waals surface area (Å²) in [6, 6.07) is 10.6. The second-order valence-corrected chi connectivity index (χ2v) is 11.8. The standard InChI is InChI=1S/C32H48N10O4.2ClH.11I2.HI.H2O/c1-33-29-11-9-27(23-31(29)41(43)44)35(3)13-7-17-39-21-19-37(25-39)15-5-6-16-38-20-22-40(26-38)18-8-14-36(4)28-10-12-30(34-2)32(24-28)42(45)46;;;11*1-2;;/h9-12,19-24,33-34H,5-8,13-18,25-26H2,1-4H3;2*1H;;;;;;;;;;;;1H;1H2/p-2. The molecule has 15 nitrogen and oxygen atoms in total. The molecule has 436 valence electrons. The first kappa shape index (κ1) is 112. The molecule has 0 fully saturated rings. The van der Waals surface area contributed by atoms with Gasteiger partial charge in [0.25, 0.3) is 11.4 Å². The van der Waals surface area contributed by atoms with Crippen LogP contribution in [0.5, 0.6) is 0 Å². The SMILES string of the molecule is CNc1ccc(N(C)CCCN2C=CN(CCCCN3C=CN(CCCN(C)c4ccc(NC)c([N+](=O)[O-])c4)C3)C2)cc1[N+](=O)[O-].I.II.II.II.II.II.II.II.II.II.II.II.O.[Cl-].[Cl-]. The third-order valence-electron chi connectivity index (χ3n) is 8.50. The first-order valence-corrected chi connectivity index (χ1v) is 86.6. The smallest absolute Gasteiger partial charge is 0.294 e. The molecule has 2 aliphatic heterocycles. The van der Waals surface area contributed by atoms with Crippen LogP contribution < -0.4 is 45.2 Å². The van der Waals surface area contributed by atoms with Crippen LogP contribution in [0.15, 0.2) is 61.2 Å². The number of halogens is 25. The van der Waals surface area contributed by atoms with Crippen molar-refractivity contribution in [2.75, 3.05) is 101 Å². The van der Waals surface area contributed by atoms with E-state index >= 15 is 0 Å². The average molecular weight is 3650 g/mol. The Balaban J connectivity index is -0.000000123. The van der Waals surface area contributed by atoms with Gasteiger partial charge < -0.3 is 70.3 Å². The molecule has 2 aliphatic rings. The zero-order valence-corrected chi connectivity index (χ0v) is 88.8. The van der Waals surface area contributed by atoms with E-state index < -0.39 is 0 Å². The highest BCUT2D eigenvalue weighted by Crippen LogP contribution is 2.30. The van der Waals surface area contributed by atoms with Crippen molar-refractivity contribution in [3.8, 4) is 0 Å². The molecule has 0 spiro atoms. The average Bonchev–Trinajstić information content (AvgIpc) is 4.10. The van der Waals surface area contributed by atoms with Crippen LogP contribution in [0.2, 0.25) is 0 Å². The van der Waals surface area contributed by atoms with Gasteiger partial charge in [-0.1, -0.05) is 0 Å². The van der Waals surface area contributed by atoms with Gasteiger partial charge in [-0.05, 0) is 49.9 Å². The van der Waals surface area contributed by atoms with E-state index in [1.807, 2.05) is 26.2 Å². The largest absolute Gasteiger partial charge is 1.00 e. The predicted molar refractivity (Wildman–Crippen MR) is 513 cm³/mol. The maximum Gasteiger partial charge on any atom is 0.294 e. The lowest BCUT2D eigenvalue weighted by Gasteiger charge is -2.25. The summed E-state index contributed by atoms with van der Waals surface area (Å²) in [6.07, 6.45) is 12.8. The number of unbranched alkanes of at least 4 members (excludes halogenated alkanes) is 1. The lowest BCUT2D eigenvalue weighted by Crippen LogP contribution is -3.00. The maximum absolute atomic E-state index is 11.4. The Labute approximate surface area is 716 Å². The molecule has 40 heteroatoms. The van der Waals surface area contributed by atoms with E-state index in [4.69, 9.17) is 0 Å². The van der Waals surface area contributed by atoms with Gasteiger partial charge in [-0.2, -0.15) is 0 Å². The predicted octanol–water partition coefficient (Wildman–Crippen LogP) is 18.1. The monoisotopic (exact) mass is 3640 g/mol. The van der Waals surface area contributed by atoms with Gasteiger partial charge in [-0.3, -0.25) is 20.2 Å². The van der Waals surface area contributed by atoms with Crippen LogP contribution in [-0.4, -0.2) is 116 Å². The molecule has 0 unspecified atom stereocenters. The van der Waals surface area contributed by atoms with Crippen molar-refractivity contribution in [2.45, 2.75) is 25.7 Å². The number of hydrogen-bond donors (Lipinski definition) is 2. The molecule has 4 N–H and O–H groups in total. The molecule has 0 radical (unpaired) electrons. The van der Waals surface area contributed by atoms with E-state index in [1.165, 1.54) is 0 Å². The molecule has 72 heavy (non-hydrogen) atoms. The first-order valence-electron chi connectivity index (χ1n) is 17.4. The zero-order valence-electron chi connectivity index (χ0n) is 37.4. The summed E-state index contributed by atoms with van der Waals surface area (Å²) in [5.41, 5.74) is 2.90. The number of rotatable bonds is 19. The zero-order chi connectivity index (χ0) is 55.1. The molecule has 2 aromatic rings. The summed E-state index contributed by atoms with van der Waals surface area (Å²) in [6.45, 7) is 7.32. The van der Waals surface area contributed by atoms with Gasteiger partial charge in [0, 0.05) is 525 Å². The lowest BCUT2D eigenvalue weighted by atomic mass is 10.2. The number of hydrogen-bond acceptors (Lipinski definition) is 12. The van der Waals surface area contributed by atoms with Gasteiger partial charge in [-0.25, -0.2) is 0 Å². The molecule has 2 heterocycles. The minimum atomic E-state index is -0.349. The van der Waals surface area contributed by atoms with Crippen LogP contribution in [0, 0.1) is 20.2 Å². The minimum absolute atomic E-state index is 0. The Kier molecular flexibility index (Phi) is 143. The van der Waals surface area contributed by atoms with Crippen molar-refractivity contribution >= 4 is 468 Å². The Bertz CT molecular complexity index is 1360. The summed E-state index contributed by atoms with van der Waals surface area (Å²) < 4.78 is 0. The van der Waals surface area contributed by atoms with Crippen LogP contribution in [0.1, 0.15) is 25.7 Å². The molecular formula is C32H51Cl2I23N10O5-2. The van der Waals surface area contributed by atoms with Crippen molar-refractivity contribution in [1.29, 1.82) is 0 Å². The van der Waals surface area contributed by atoms with Crippen molar-refractivity contribution in [1.82, 2.24) is 19.6 Å². The fourth-order valence-corrected chi connectivity index (χ4v) is 5.76. The maximum atomic E-state index is 11.4. The van der Waals surface area contributed by atoms with Gasteiger partial charge in [-0.15, -0.1) is 24.0 Å². The molecule has 0 amide bonds. The second kappa shape index (κ2) is 92.2. The van der Waals surface area contributed by atoms with Crippen LogP contribution in [0.4, 0.5) is 34.1 Å². The Morgan fingerprint density at radius 3 is 0.903 bits per heavy atom. The Morgan fingerprint density at radius 1 is 0.472 bits per heavy atom. The summed E-state index contributed by atoms with van der Waals surface area (Å²) in [5.74, 6) is 0. The molecule has 0 aromatic heterocycles. The number of nitro benzene ring substituents is 2. The highest BCUT2D eigenvalue weighted by Gasteiger charge is 2.18. The summed E-state index contributed by atoms with van der Waals surface area (Å²) >= 11 is 46.6. The van der Waals surface area contributed by atoms with Crippen LogP contribution in [-0.2, 0) is 0 Å². The van der Waals surface area contributed by atoms with E-state index in [-0.39, 0.29) is 75.5 Å². The molecule has 0 bridgehead atoms. The topological polar surface area (TPSA) is 161 Å². The number of anilines is 4. The van der Waals surface area contributed by atoms with Gasteiger partial charge in [0.1, 0.15) is 11.4 Å². The molecule has 0 aliphatic carbocycles. The first-order chi connectivity index (χ1) is 33.2. The van der Waals surface area contributed by atoms with Crippen molar-refractivity contribution in [3.63, 3.8) is 0 Å². The Morgan fingerprint density at radius 2 is 0.694 bits per heavy atom. The summed E-state index contributed by atoms with van der Waals surface area (Å²) in [4.78, 5) is 35.5. The van der Waals surface area contributed by atoms with Gasteiger partial charge in [0.05, 0.1) is 23.2 Å². The molecule has 0 saturated carbocycles. The lowest BCUT2D eigenvalue weighted by molar-refractivity contribution is -0.384. The Hall–Kier alpha value is 12.5. The number of nitrogens with zero attached hydrogens (tertiary/aromatic N) is 8. The van der Waals surface area contributed by atoms with Gasteiger partial charge in [0.15, 0.2) is 0 Å². The highest BCUT2D eigenvalue weighted by atomic mass is 128. The molecule has 0 atom stereocenters. The van der Waals surface area contributed by atoms with E-state index in [2.05, 4.69) is 474 Å². The molecule has 4 rings (SSSR count). The quantitative estimate of drug-likeness (QED) is 0.0594. The van der Waals surface area contributed by atoms with Crippen molar-refractivity contribution < 1.29 is 40.1 Å². The number of nitro groups is 2. The summed E-state index contributed by atoms with van der Waals surface area (Å²) in [5, 5.41) is 28.5. The van der Waals surface area contributed by atoms with Gasteiger partial charge in [0.2, 0.25) is 0 Å². The van der Waals surface area contributed by atoms with Crippen LogP contribution >= 0.6 is 434 Å². The number of nitrogens with one attached hydrogen (secondary N) is 2. The van der Waals surface area contributed by atoms with E-state index in [9.17, 15) is 20.2 Å². The van der Waals surface area contributed by atoms with Crippen LogP contribution in [0.25, 0.3) is 0 Å². The van der Waals surface area contributed by atoms with Crippen LogP contribution in [0.3, 0.4) is 0 Å². The highest BCUT2D eigenvalue weighted by molar-refractivity contribution is 15.0. The summed E-state index contributed by atoms with van der Waals surface area (Å²) in [7, 11) is 7.32. The van der Waals surface area contributed by atoms with Gasteiger partial charge >= 0.3 is 0 Å². The molecular weight excluding hydrogens is 3590 g/mol. The van der Waals surface area contributed by atoms with E-state index in [1.54, 1.807) is 38.4 Å². The van der Waals surface area contributed by atoms with Crippen molar-refractivity contribution in [2.24, 2.45) is 0 Å². The van der Waals surface area contributed by atoms with Crippen molar-refractivity contribution in [3.05, 3.63) is 81.4 Å². The van der Waals surface area contributed by atoms with E-state index in [0.29, 0.717) is 11.4 Å². The third-order valence-corrected chi connectivity index (χ3v) is 8.50. The van der Waals surface area contributed by atoms with E-state index in [0.717, 1.165) is 89.7 Å². The fraction of sp³-hybridized carbons (Fsp3) is 0.500. The molecule has 0 saturated heterocycles. The normalized spacial score (nSPS) is 9.81. The minimum Gasteiger partial charge on any atom is -1.00 e. The molecule has 2 aromatic carbocycles.